The molecule has 0 bridgehead atoms. The molecule has 0 spiro atoms. The normalized spacial score (nSPS) is 15.7. The van der Waals surface area contributed by atoms with Crippen molar-refractivity contribution in [2.75, 3.05) is 34.9 Å². The molecule has 0 atom stereocenters. The quantitative estimate of drug-likeness (QED) is 0.461. The fourth-order valence-electron chi connectivity index (χ4n) is 1.91. The average molecular weight is 292 g/mol. The van der Waals surface area contributed by atoms with Crippen molar-refractivity contribution in [3.05, 3.63) is 35.3 Å². The molecule has 6 nitrogen and oxygen atoms in total. The Bertz CT molecular complexity index is 478. The Kier molecular flexibility index (Phi) is 7.25. The predicted molar refractivity (Wildman–Crippen MR) is 86.2 cm³/mol. The molecule has 0 radical (unpaired) electrons. The summed E-state index contributed by atoms with van der Waals surface area (Å²) in [6.07, 6.45) is 7.82. The van der Waals surface area contributed by atoms with E-state index in [0.29, 0.717) is 5.96 Å². The van der Waals surface area contributed by atoms with Gasteiger partial charge in [0.2, 0.25) is 5.96 Å². The molecule has 116 valence electrons. The molecule has 0 amide bonds. The van der Waals surface area contributed by atoms with Crippen molar-refractivity contribution in [1.29, 1.82) is 0 Å². The van der Waals surface area contributed by atoms with Gasteiger partial charge in [-0.2, -0.15) is 0 Å². The molecule has 1 aliphatic rings. The van der Waals surface area contributed by atoms with E-state index in [4.69, 9.17) is 9.47 Å². The highest BCUT2D eigenvalue weighted by atomic mass is 16.5. The van der Waals surface area contributed by atoms with Crippen LogP contribution in [0.2, 0.25) is 0 Å². The fraction of sp³-hybridized carbons (Fsp3) is 0.467. The third-order valence-corrected chi connectivity index (χ3v) is 3.09. The number of allylic oxidation sites excluding steroid dienone is 3. The van der Waals surface area contributed by atoms with E-state index in [2.05, 4.69) is 28.2 Å². The van der Waals surface area contributed by atoms with Gasteiger partial charge in [-0.15, -0.1) is 0 Å². The highest BCUT2D eigenvalue weighted by molar-refractivity contribution is 5.83. The van der Waals surface area contributed by atoms with E-state index in [1.807, 2.05) is 24.2 Å². The smallest absolute Gasteiger partial charge is 0.231 e. The molecule has 0 aromatic rings. The highest BCUT2D eigenvalue weighted by Crippen LogP contribution is 2.20. The molecule has 0 saturated heterocycles. The molecule has 6 heteroatoms. The first-order chi connectivity index (χ1) is 10.1. The summed E-state index contributed by atoms with van der Waals surface area (Å²) in [5, 5.41) is 1.93. The summed E-state index contributed by atoms with van der Waals surface area (Å²) >= 11 is 0. The van der Waals surface area contributed by atoms with Crippen molar-refractivity contribution in [3.8, 4) is 0 Å². The van der Waals surface area contributed by atoms with Gasteiger partial charge in [-0.05, 0) is 31.7 Å². The minimum Gasteiger partial charge on any atom is -0.493 e. The van der Waals surface area contributed by atoms with Gasteiger partial charge in [-0.1, -0.05) is 11.6 Å². The number of nitrogens with zero attached hydrogens (tertiary/aromatic N) is 3. The van der Waals surface area contributed by atoms with Crippen LogP contribution in [0.1, 0.15) is 12.8 Å². The Labute approximate surface area is 126 Å². The van der Waals surface area contributed by atoms with Crippen molar-refractivity contribution in [1.82, 2.24) is 10.4 Å². The topological polar surface area (TPSA) is 58.5 Å². The van der Waals surface area contributed by atoms with Crippen LogP contribution in [-0.4, -0.2) is 52.5 Å². The number of hydrazine groups is 1. The van der Waals surface area contributed by atoms with Gasteiger partial charge in [0.05, 0.1) is 14.2 Å². The van der Waals surface area contributed by atoms with Crippen molar-refractivity contribution in [2.24, 2.45) is 9.98 Å². The maximum atomic E-state index is 5.37. The molecule has 0 fully saturated rings. The van der Waals surface area contributed by atoms with Gasteiger partial charge < -0.3 is 9.47 Å². The zero-order chi connectivity index (χ0) is 15.7. The Balaban J connectivity index is 2.63. The van der Waals surface area contributed by atoms with Gasteiger partial charge in [0.15, 0.2) is 11.5 Å². The van der Waals surface area contributed by atoms with Crippen LogP contribution in [0.15, 0.2) is 45.3 Å². The second kappa shape index (κ2) is 8.97. The molecular formula is C15H24N4O2. The third kappa shape index (κ3) is 5.43. The molecule has 0 aromatic heterocycles. The zero-order valence-corrected chi connectivity index (χ0v) is 13.2. The van der Waals surface area contributed by atoms with E-state index in [1.54, 1.807) is 21.3 Å². The fourth-order valence-corrected chi connectivity index (χ4v) is 1.91. The van der Waals surface area contributed by atoms with Crippen molar-refractivity contribution in [3.63, 3.8) is 0 Å². The maximum absolute atomic E-state index is 5.37. The third-order valence-electron chi connectivity index (χ3n) is 3.09. The van der Waals surface area contributed by atoms with Gasteiger partial charge in [-0.25, -0.2) is 10.0 Å². The molecule has 0 unspecified atom stereocenters. The summed E-state index contributed by atoms with van der Waals surface area (Å²) in [6, 6.07) is 0. The number of rotatable bonds is 6. The number of hydrogen-bond donors (Lipinski definition) is 1. The van der Waals surface area contributed by atoms with E-state index in [1.165, 1.54) is 5.57 Å². The van der Waals surface area contributed by atoms with Gasteiger partial charge >= 0.3 is 0 Å². The molecule has 0 heterocycles. The molecule has 0 aromatic carbocycles. The van der Waals surface area contributed by atoms with Crippen molar-refractivity contribution >= 4 is 12.7 Å². The van der Waals surface area contributed by atoms with E-state index < -0.39 is 0 Å². The van der Waals surface area contributed by atoms with Gasteiger partial charge in [0.1, 0.15) is 0 Å². The second-order valence-electron chi connectivity index (χ2n) is 4.53. The summed E-state index contributed by atoms with van der Waals surface area (Å²) in [6.45, 7) is 4.27. The molecule has 0 aliphatic heterocycles. The molecule has 1 aliphatic carbocycles. The molecule has 0 saturated carbocycles. The van der Waals surface area contributed by atoms with Crippen LogP contribution in [0, 0.1) is 0 Å². The van der Waals surface area contributed by atoms with E-state index in [0.717, 1.165) is 30.9 Å². The van der Waals surface area contributed by atoms with Crippen molar-refractivity contribution in [2.45, 2.75) is 12.8 Å². The summed E-state index contributed by atoms with van der Waals surface area (Å²) < 4.78 is 10.7. The van der Waals surface area contributed by atoms with Crippen LogP contribution in [-0.2, 0) is 9.47 Å². The maximum Gasteiger partial charge on any atom is 0.231 e. The lowest BCUT2D eigenvalue weighted by atomic mass is 10.1. The first-order valence-electron chi connectivity index (χ1n) is 6.74. The van der Waals surface area contributed by atoms with Crippen molar-refractivity contribution < 1.29 is 9.47 Å². The van der Waals surface area contributed by atoms with Crippen LogP contribution >= 0.6 is 0 Å². The van der Waals surface area contributed by atoms with Crippen LogP contribution in [0.25, 0.3) is 0 Å². The van der Waals surface area contributed by atoms with E-state index in [-0.39, 0.29) is 0 Å². The lowest BCUT2D eigenvalue weighted by molar-refractivity contribution is 0.241. The highest BCUT2D eigenvalue weighted by Gasteiger charge is 2.09. The van der Waals surface area contributed by atoms with Crippen LogP contribution < -0.4 is 5.43 Å². The molecule has 21 heavy (non-hydrogen) atoms. The zero-order valence-electron chi connectivity index (χ0n) is 13.2. The summed E-state index contributed by atoms with van der Waals surface area (Å²) in [4.78, 5) is 7.75. The number of hydrogen-bond acceptors (Lipinski definition) is 4. The minimum absolute atomic E-state index is 0.506. The number of aliphatic imine (C=N–C) groups is 2. The summed E-state index contributed by atoms with van der Waals surface area (Å²) in [7, 11) is 6.90. The standard InChI is InChI=1S/C15H24N4O2/c1-16-15(17-2)18-19(3)10-9-12-7-6-8-13(20-4)14(11-12)21-5/h6,8,11H,1,7,9-10H2,2-5H3,(H,17,18). The Morgan fingerprint density at radius 2 is 2.10 bits per heavy atom. The number of methoxy groups -OCH3 is 2. The lowest BCUT2D eigenvalue weighted by Crippen LogP contribution is -2.39. The van der Waals surface area contributed by atoms with Crippen LogP contribution in [0.3, 0.4) is 0 Å². The Hall–Kier alpha value is -2.08. The van der Waals surface area contributed by atoms with Gasteiger partial charge in [0.25, 0.3) is 0 Å². The average Bonchev–Trinajstić information content (AvgIpc) is 2.71. The number of ether oxygens (including phenoxy) is 2. The van der Waals surface area contributed by atoms with Crippen LogP contribution in [0.5, 0.6) is 0 Å². The first-order valence-corrected chi connectivity index (χ1v) is 6.74. The Morgan fingerprint density at radius 1 is 1.38 bits per heavy atom. The SMILES string of the molecule is C=NC(=NC)NN(C)CCC1=CC(OC)=C(OC)C=CC1. The number of nitrogens with one attached hydrogen (secondary N) is 1. The van der Waals surface area contributed by atoms with E-state index in [9.17, 15) is 0 Å². The first kappa shape index (κ1) is 17.0. The summed E-state index contributed by atoms with van der Waals surface area (Å²) in [5.41, 5.74) is 4.33. The predicted octanol–water partition coefficient (Wildman–Crippen LogP) is 1.89. The molecule has 1 rings (SSSR count). The molecular weight excluding hydrogens is 268 g/mol. The number of guanidine groups is 1. The lowest BCUT2D eigenvalue weighted by Gasteiger charge is -2.18. The van der Waals surface area contributed by atoms with Gasteiger partial charge in [0, 0.05) is 20.6 Å². The molecule has 1 N–H and O–H groups in total. The summed E-state index contributed by atoms with van der Waals surface area (Å²) in [5.74, 6) is 2.00. The monoisotopic (exact) mass is 292 g/mol. The van der Waals surface area contributed by atoms with Gasteiger partial charge in [-0.3, -0.25) is 10.4 Å². The van der Waals surface area contributed by atoms with Crippen LogP contribution in [0.4, 0.5) is 0 Å². The largest absolute Gasteiger partial charge is 0.493 e. The van der Waals surface area contributed by atoms with E-state index >= 15 is 0 Å². The minimum atomic E-state index is 0.506. The Morgan fingerprint density at radius 3 is 2.67 bits per heavy atom. The second-order valence-corrected chi connectivity index (χ2v) is 4.53.